The molecule has 0 aliphatic heterocycles. The smallest absolute Gasteiger partial charge is 0.242 e. The zero-order chi connectivity index (χ0) is 16.6. The van der Waals surface area contributed by atoms with Crippen molar-refractivity contribution in [1.82, 2.24) is 9.97 Å². The van der Waals surface area contributed by atoms with Crippen LogP contribution in [0.15, 0.2) is 0 Å². The van der Waals surface area contributed by atoms with E-state index in [2.05, 4.69) is 43.0 Å². The first-order chi connectivity index (χ1) is 10.4. The molecule has 0 atom stereocenters. The van der Waals surface area contributed by atoms with Gasteiger partial charge in [0.2, 0.25) is 5.88 Å². The summed E-state index contributed by atoms with van der Waals surface area (Å²) in [4.78, 5) is 9.06. The third-order valence-corrected chi connectivity index (χ3v) is 3.14. The molecular formula is C16H30N4O2. The Morgan fingerprint density at radius 2 is 1.86 bits per heavy atom. The summed E-state index contributed by atoms with van der Waals surface area (Å²) in [6.07, 6.45) is 2.93. The van der Waals surface area contributed by atoms with Crippen LogP contribution in [0.3, 0.4) is 0 Å². The summed E-state index contributed by atoms with van der Waals surface area (Å²) in [6, 6.07) is 0. The molecule has 0 aliphatic rings. The van der Waals surface area contributed by atoms with Crippen LogP contribution in [0.25, 0.3) is 0 Å². The first-order valence-corrected chi connectivity index (χ1v) is 7.93. The molecule has 126 valence electrons. The van der Waals surface area contributed by atoms with Crippen LogP contribution in [0.5, 0.6) is 5.88 Å². The molecule has 0 saturated heterocycles. The molecule has 0 aromatic carbocycles. The van der Waals surface area contributed by atoms with E-state index in [-0.39, 0.29) is 5.41 Å². The van der Waals surface area contributed by atoms with Gasteiger partial charge >= 0.3 is 0 Å². The van der Waals surface area contributed by atoms with Crippen LogP contribution in [-0.4, -0.2) is 36.8 Å². The maximum absolute atomic E-state index is 6.15. The second-order valence-corrected chi connectivity index (χ2v) is 6.34. The Balaban J connectivity index is 2.94. The number of nitrogen functional groups attached to an aromatic ring is 1. The fourth-order valence-corrected chi connectivity index (χ4v) is 1.77. The molecule has 0 aliphatic carbocycles. The minimum atomic E-state index is -0.167. The highest BCUT2D eigenvalue weighted by Gasteiger charge is 2.22. The lowest BCUT2D eigenvalue weighted by Gasteiger charge is -2.20. The highest BCUT2D eigenvalue weighted by Crippen LogP contribution is 2.30. The molecule has 0 amide bonds. The molecule has 6 nitrogen and oxygen atoms in total. The quantitative estimate of drug-likeness (QED) is 0.682. The zero-order valence-electron chi connectivity index (χ0n) is 14.5. The van der Waals surface area contributed by atoms with E-state index in [0.717, 1.165) is 31.6 Å². The van der Waals surface area contributed by atoms with Crippen molar-refractivity contribution in [3.8, 4) is 5.88 Å². The van der Waals surface area contributed by atoms with E-state index < -0.39 is 0 Å². The average molecular weight is 310 g/mol. The molecule has 0 unspecified atom stereocenters. The lowest BCUT2D eigenvalue weighted by atomic mass is 9.96. The van der Waals surface area contributed by atoms with Gasteiger partial charge in [0.25, 0.3) is 0 Å². The number of ether oxygens (including phenoxy) is 2. The molecule has 0 fully saturated rings. The number of nitrogens with two attached hydrogens (primary N) is 1. The van der Waals surface area contributed by atoms with Gasteiger partial charge in [-0.15, -0.1) is 0 Å². The van der Waals surface area contributed by atoms with Crippen molar-refractivity contribution in [3.05, 3.63) is 5.82 Å². The Morgan fingerprint density at radius 1 is 1.14 bits per heavy atom. The molecule has 1 aromatic rings. The van der Waals surface area contributed by atoms with Gasteiger partial charge in [0.15, 0.2) is 5.82 Å². The minimum Gasteiger partial charge on any atom is -0.476 e. The zero-order valence-corrected chi connectivity index (χ0v) is 14.5. The number of aromatic nitrogens is 2. The van der Waals surface area contributed by atoms with Gasteiger partial charge in [-0.05, 0) is 12.8 Å². The Hall–Kier alpha value is -1.56. The number of hydrogen-bond acceptors (Lipinski definition) is 6. The van der Waals surface area contributed by atoms with Crippen LogP contribution in [0.4, 0.5) is 11.5 Å². The van der Waals surface area contributed by atoms with Crippen LogP contribution in [-0.2, 0) is 10.2 Å². The fraction of sp³-hybridized carbons (Fsp3) is 0.750. The number of anilines is 2. The molecular weight excluding hydrogens is 280 g/mol. The van der Waals surface area contributed by atoms with Crippen LogP contribution in [0.2, 0.25) is 0 Å². The standard InChI is InChI=1S/C16H30N4O2/c1-6-7-11-22-14-12(17)13(18-9-8-10-21-5)19-15(20-14)16(2,3)4/h6-11,17H2,1-5H3,(H,18,19,20). The summed E-state index contributed by atoms with van der Waals surface area (Å²) in [5, 5.41) is 3.25. The molecule has 1 rings (SSSR count). The summed E-state index contributed by atoms with van der Waals surface area (Å²) in [7, 11) is 1.69. The fourth-order valence-electron chi connectivity index (χ4n) is 1.77. The van der Waals surface area contributed by atoms with E-state index >= 15 is 0 Å². The van der Waals surface area contributed by atoms with Crippen molar-refractivity contribution in [2.45, 2.75) is 52.4 Å². The molecule has 0 radical (unpaired) electrons. The Morgan fingerprint density at radius 3 is 2.45 bits per heavy atom. The normalized spacial score (nSPS) is 11.5. The maximum Gasteiger partial charge on any atom is 0.242 e. The van der Waals surface area contributed by atoms with Crippen molar-refractivity contribution in [3.63, 3.8) is 0 Å². The first kappa shape index (κ1) is 18.5. The Labute approximate surface area is 133 Å². The van der Waals surface area contributed by atoms with E-state index in [0.29, 0.717) is 30.6 Å². The second-order valence-electron chi connectivity index (χ2n) is 6.34. The second kappa shape index (κ2) is 8.78. The van der Waals surface area contributed by atoms with Crippen LogP contribution in [0, 0.1) is 0 Å². The van der Waals surface area contributed by atoms with Crippen molar-refractivity contribution in [2.24, 2.45) is 0 Å². The van der Waals surface area contributed by atoms with Crippen molar-refractivity contribution >= 4 is 11.5 Å². The van der Waals surface area contributed by atoms with Gasteiger partial charge in [0.1, 0.15) is 11.5 Å². The topological polar surface area (TPSA) is 82.3 Å². The average Bonchev–Trinajstić information content (AvgIpc) is 2.45. The van der Waals surface area contributed by atoms with Gasteiger partial charge in [0.05, 0.1) is 6.61 Å². The predicted octanol–water partition coefficient (Wildman–Crippen LogP) is 2.98. The van der Waals surface area contributed by atoms with Crippen LogP contribution < -0.4 is 15.8 Å². The Kier molecular flexibility index (Phi) is 7.38. The minimum absolute atomic E-state index is 0.167. The number of rotatable bonds is 9. The van der Waals surface area contributed by atoms with Gasteiger partial charge in [-0.1, -0.05) is 34.1 Å². The molecule has 0 saturated carbocycles. The summed E-state index contributed by atoms with van der Waals surface area (Å²) < 4.78 is 10.8. The lowest BCUT2D eigenvalue weighted by molar-refractivity contribution is 0.197. The lowest BCUT2D eigenvalue weighted by Crippen LogP contribution is -2.20. The number of hydrogen-bond donors (Lipinski definition) is 2. The third kappa shape index (κ3) is 5.67. The van der Waals surface area contributed by atoms with E-state index in [1.54, 1.807) is 7.11 Å². The number of nitrogens with zero attached hydrogens (tertiary/aromatic N) is 2. The van der Waals surface area contributed by atoms with E-state index in [4.69, 9.17) is 15.2 Å². The van der Waals surface area contributed by atoms with Gasteiger partial charge in [-0.3, -0.25) is 0 Å². The van der Waals surface area contributed by atoms with Crippen molar-refractivity contribution in [2.75, 3.05) is 37.9 Å². The molecule has 3 N–H and O–H groups in total. The number of unbranched alkanes of at least 4 members (excludes halogenated alkanes) is 1. The molecule has 1 heterocycles. The van der Waals surface area contributed by atoms with Gasteiger partial charge in [0, 0.05) is 25.7 Å². The van der Waals surface area contributed by atoms with Gasteiger partial charge in [-0.2, -0.15) is 4.98 Å². The number of nitrogens with one attached hydrogen (secondary N) is 1. The largest absolute Gasteiger partial charge is 0.476 e. The molecule has 1 aromatic heterocycles. The van der Waals surface area contributed by atoms with E-state index in [1.807, 2.05) is 0 Å². The third-order valence-electron chi connectivity index (χ3n) is 3.14. The maximum atomic E-state index is 6.15. The summed E-state index contributed by atoms with van der Waals surface area (Å²) in [5.74, 6) is 1.84. The summed E-state index contributed by atoms with van der Waals surface area (Å²) in [6.45, 7) is 10.4. The highest BCUT2D eigenvalue weighted by molar-refractivity contribution is 5.67. The van der Waals surface area contributed by atoms with Crippen molar-refractivity contribution in [1.29, 1.82) is 0 Å². The van der Waals surface area contributed by atoms with Crippen LogP contribution in [0.1, 0.15) is 52.8 Å². The van der Waals surface area contributed by atoms with Crippen LogP contribution >= 0.6 is 0 Å². The van der Waals surface area contributed by atoms with E-state index in [9.17, 15) is 0 Å². The van der Waals surface area contributed by atoms with Gasteiger partial charge < -0.3 is 20.5 Å². The molecule has 6 heteroatoms. The van der Waals surface area contributed by atoms with E-state index in [1.165, 1.54) is 0 Å². The monoisotopic (exact) mass is 310 g/mol. The molecule has 0 bridgehead atoms. The summed E-state index contributed by atoms with van der Waals surface area (Å²) >= 11 is 0. The number of methoxy groups -OCH3 is 1. The van der Waals surface area contributed by atoms with Crippen molar-refractivity contribution < 1.29 is 9.47 Å². The molecule has 0 spiro atoms. The SMILES string of the molecule is CCCCOc1nc(C(C)(C)C)nc(NCCCOC)c1N. The first-order valence-electron chi connectivity index (χ1n) is 7.93. The Bertz CT molecular complexity index is 458. The van der Waals surface area contributed by atoms with Gasteiger partial charge in [-0.25, -0.2) is 4.98 Å². The molecule has 22 heavy (non-hydrogen) atoms. The predicted molar refractivity (Wildman–Crippen MR) is 90.5 cm³/mol. The summed E-state index contributed by atoms with van der Waals surface area (Å²) in [5.41, 5.74) is 6.46. The highest BCUT2D eigenvalue weighted by atomic mass is 16.5.